The third kappa shape index (κ3) is 35.0. The minimum absolute atomic E-state index is 0.0612. The van der Waals surface area contributed by atoms with Crippen LogP contribution < -0.4 is 0 Å². The van der Waals surface area contributed by atoms with E-state index in [4.69, 9.17) is 9.84 Å². The summed E-state index contributed by atoms with van der Waals surface area (Å²) in [5.74, 6) is -0.781. The van der Waals surface area contributed by atoms with Gasteiger partial charge in [-0.3, -0.25) is 9.59 Å². The van der Waals surface area contributed by atoms with Crippen molar-refractivity contribution in [2.45, 2.75) is 225 Å². The lowest BCUT2D eigenvalue weighted by molar-refractivity contribution is -0.147. The number of carbonyl (C=O) groups excluding carboxylic acids is 1. The molecule has 0 amide bonds. The molecule has 43 heavy (non-hydrogen) atoms. The van der Waals surface area contributed by atoms with E-state index in [-0.39, 0.29) is 18.5 Å². The molecule has 254 valence electrons. The number of carboxylic acid groups (broad SMARTS) is 1. The number of allylic oxidation sites excluding steroid dienone is 1. The van der Waals surface area contributed by atoms with Gasteiger partial charge in [0.1, 0.15) is 6.10 Å². The van der Waals surface area contributed by atoms with Crippen LogP contribution in [0.15, 0.2) is 12.2 Å². The largest absolute Gasteiger partial charge is 0.481 e. The Balaban J connectivity index is 3.74. The van der Waals surface area contributed by atoms with Gasteiger partial charge in [0.25, 0.3) is 0 Å². The van der Waals surface area contributed by atoms with E-state index in [1.54, 1.807) is 0 Å². The molecule has 4 nitrogen and oxygen atoms in total. The second kappa shape index (κ2) is 35.2. The predicted octanol–water partition coefficient (Wildman–Crippen LogP) is 13.1. The molecular weight excluding hydrogens is 532 g/mol. The van der Waals surface area contributed by atoms with Crippen LogP contribution in [0.25, 0.3) is 0 Å². The Kier molecular flexibility index (Phi) is 34.1. The van der Waals surface area contributed by atoms with Crippen LogP contribution in [0.5, 0.6) is 0 Å². The summed E-state index contributed by atoms with van der Waals surface area (Å²) < 4.78 is 5.84. The van der Waals surface area contributed by atoms with Gasteiger partial charge in [0.2, 0.25) is 0 Å². The smallest absolute Gasteiger partial charge is 0.306 e. The molecule has 0 fully saturated rings. The van der Waals surface area contributed by atoms with Gasteiger partial charge >= 0.3 is 11.9 Å². The summed E-state index contributed by atoms with van der Waals surface area (Å²) in [6, 6.07) is 0. The van der Waals surface area contributed by atoms with Crippen LogP contribution in [0.2, 0.25) is 0 Å². The first-order valence-electron chi connectivity index (χ1n) is 19.2. The molecule has 1 unspecified atom stereocenters. The first-order chi connectivity index (χ1) is 21.1. The van der Waals surface area contributed by atoms with E-state index in [1.807, 2.05) is 0 Å². The number of ether oxygens (including phenoxy) is 1. The zero-order valence-corrected chi connectivity index (χ0v) is 29.0. The number of unbranched alkanes of at least 4 members (excludes halogenated alkanes) is 26. The van der Waals surface area contributed by atoms with Crippen molar-refractivity contribution < 1.29 is 19.4 Å². The molecule has 0 saturated heterocycles. The fourth-order valence-corrected chi connectivity index (χ4v) is 5.86. The molecule has 0 spiro atoms. The number of carbonyl (C=O) groups is 2. The van der Waals surface area contributed by atoms with Crippen molar-refractivity contribution >= 4 is 11.9 Å². The third-order valence-corrected chi connectivity index (χ3v) is 8.72. The highest BCUT2D eigenvalue weighted by atomic mass is 16.5. The normalized spacial score (nSPS) is 12.2. The number of carboxylic acids is 1. The molecule has 0 bridgehead atoms. The highest BCUT2D eigenvalue weighted by molar-refractivity contribution is 5.69. The van der Waals surface area contributed by atoms with Crippen LogP contribution in [-0.2, 0) is 14.3 Å². The van der Waals surface area contributed by atoms with Crippen molar-refractivity contribution in [2.75, 3.05) is 0 Å². The fraction of sp³-hybridized carbons (Fsp3) is 0.897. The Morgan fingerprint density at radius 3 is 1.33 bits per heavy atom. The van der Waals surface area contributed by atoms with E-state index in [9.17, 15) is 9.59 Å². The van der Waals surface area contributed by atoms with E-state index in [0.29, 0.717) is 6.42 Å². The summed E-state index contributed by atoms with van der Waals surface area (Å²) in [5, 5.41) is 8.79. The first-order valence-corrected chi connectivity index (χ1v) is 19.2. The topological polar surface area (TPSA) is 63.6 Å². The molecule has 0 radical (unpaired) electrons. The molecule has 1 N–H and O–H groups in total. The number of esters is 1. The van der Waals surface area contributed by atoms with Crippen molar-refractivity contribution in [2.24, 2.45) is 0 Å². The third-order valence-electron chi connectivity index (χ3n) is 8.72. The summed E-state index contributed by atoms with van der Waals surface area (Å²) in [4.78, 5) is 23.2. The van der Waals surface area contributed by atoms with E-state index >= 15 is 0 Å². The van der Waals surface area contributed by atoms with Crippen molar-refractivity contribution in [1.82, 2.24) is 0 Å². The van der Waals surface area contributed by atoms with Gasteiger partial charge in [-0.25, -0.2) is 0 Å². The van der Waals surface area contributed by atoms with Gasteiger partial charge in [0.05, 0.1) is 0 Å². The Bertz CT molecular complexity index is 614. The van der Waals surface area contributed by atoms with Crippen LogP contribution in [-0.4, -0.2) is 23.1 Å². The lowest BCUT2D eigenvalue weighted by atomic mass is 10.0. The van der Waals surface area contributed by atoms with E-state index < -0.39 is 5.97 Å². The number of aliphatic carboxylic acids is 1. The average molecular weight is 607 g/mol. The Morgan fingerprint density at radius 2 is 0.884 bits per heavy atom. The molecule has 0 aliphatic carbocycles. The highest BCUT2D eigenvalue weighted by Gasteiger charge is 2.11. The van der Waals surface area contributed by atoms with Crippen LogP contribution in [0, 0.1) is 0 Å². The lowest BCUT2D eigenvalue weighted by Gasteiger charge is -2.15. The minimum atomic E-state index is -0.720. The predicted molar refractivity (Wildman–Crippen MR) is 186 cm³/mol. The molecular formula is C39H74O4. The molecule has 0 aliphatic rings. The van der Waals surface area contributed by atoms with Gasteiger partial charge < -0.3 is 9.84 Å². The van der Waals surface area contributed by atoms with Gasteiger partial charge in [-0.15, -0.1) is 0 Å². The Morgan fingerprint density at radius 1 is 0.512 bits per heavy atom. The fourth-order valence-electron chi connectivity index (χ4n) is 5.86. The summed E-state index contributed by atoms with van der Waals surface area (Å²) in [7, 11) is 0. The molecule has 0 rings (SSSR count). The number of hydrogen-bond acceptors (Lipinski definition) is 3. The monoisotopic (exact) mass is 607 g/mol. The molecule has 0 saturated carbocycles. The minimum Gasteiger partial charge on any atom is -0.481 e. The van der Waals surface area contributed by atoms with E-state index in [1.165, 1.54) is 141 Å². The SMILES string of the molecule is CCCCCC/C=C\C(CCCCCCC(=O)O)OC(=O)CCCCCCCCCCCCCCCCCCCCCC. The summed E-state index contributed by atoms with van der Waals surface area (Å²) >= 11 is 0. The van der Waals surface area contributed by atoms with Crippen LogP contribution >= 0.6 is 0 Å². The lowest BCUT2D eigenvalue weighted by Crippen LogP contribution is -2.16. The molecule has 0 aromatic rings. The van der Waals surface area contributed by atoms with Crippen molar-refractivity contribution in [3.8, 4) is 0 Å². The quantitative estimate of drug-likeness (QED) is 0.0443. The molecule has 0 heterocycles. The Hall–Kier alpha value is -1.32. The zero-order valence-electron chi connectivity index (χ0n) is 29.0. The number of hydrogen-bond donors (Lipinski definition) is 1. The maximum atomic E-state index is 12.5. The van der Waals surface area contributed by atoms with Gasteiger partial charge in [0, 0.05) is 12.8 Å². The summed E-state index contributed by atoms with van der Waals surface area (Å²) in [5.41, 5.74) is 0. The first kappa shape index (κ1) is 41.7. The van der Waals surface area contributed by atoms with Gasteiger partial charge in [0.15, 0.2) is 0 Å². The summed E-state index contributed by atoms with van der Waals surface area (Å²) in [6.07, 6.45) is 42.6. The van der Waals surface area contributed by atoms with Crippen LogP contribution in [0.4, 0.5) is 0 Å². The average Bonchev–Trinajstić information content (AvgIpc) is 2.99. The zero-order chi connectivity index (χ0) is 31.5. The molecule has 4 heteroatoms. The van der Waals surface area contributed by atoms with Crippen LogP contribution in [0.3, 0.4) is 0 Å². The van der Waals surface area contributed by atoms with E-state index in [0.717, 1.165) is 51.4 Å². The molecule has 0 aliphatic heterocycles. The molecule has 1 atom stereocenters. The van der Waals surface area contributed by atoms with Gasteiger partial charge in [-0.2, -0.15) is 0 Å². The van der Waals surface area contributed by atoms with Crippen LogP contribution in [0.1, 0.15) is 219 Å². The van der Waals surface area contributed by atoms with Gasteiger partial charge in [-0.1, -0.05) is 174 Å². The number of rotatable bonds is 35. The highest BCUT2D eigenvalue weighted by Crippen LogP contribution is 2.17. The van der Waals surface area contributed by atoms with Crippen molar-refractivity contribution in [1.29, 1.82) is 0 Å². The maximum absolute atomic E-state index is 12.5. The molecule has 0 aromatic carbocycles. The summed E-state index contributed by atoms with van der Waals surface area (Å²) in [6.45, 7) is 4.51. The second-order valence-electron chi connectivity index (χ2n) is 13.1. The van der Waals surface area contributed by atoms with Crippen molar-refractivity contribution in [3.05, 3.63) is 12.2 Å². The van der Waals surface area contributed by atoms with E-state index in [2.05, 4.69) is 26.0 Å². The standard InChI is InChI=1S/C39H74O4/c1-3-5-7-9-11-12-13-14-15-16-17-18-19-20-21-22-23-24-26-32-36-39(42)43-37(33-29-25-10-8-6-4-2)34-30-27-28-31-35-38(40)41/h29,33,37H,3-28,30-32,34-36H2,1-2H3,(H,40,41)/b33-29-. The van der Waals surface area contributed by atoms with Crippen molar-refractivity contribution in [3.63, 3.8) is 0 Å². The Labute approximate surface area is 268 Å². The second-order valence-corrected chi connectivity index (χ2v) is 13.1. The maximum Gasteiger partial charge on any atom is 0.306 e. The molecule has 0 aromatic heterocycles. The van der Waals surface area contributed by atoms with Gasteiger partial charge in [-0.05, 0) is 44.6 Å².